The van der Waals surface area contributed by atoms with Crippen molar-refractivity contribution >= 4 is 23.5 Å². The Labute approximate surface area is 206 Å². The molecule has 0 amide bonds. The van der Waals surface area contributed by atoms with Gasteiger partial charge in [0.25, 0.3) is 0 Å². The monoisotopic (exact) mass is 478 g/mol. The van der Waals surface area contributed by atoms with E-state index in [1.165, 1.54) is 16.0 Å². The molecule has 1 aliphatic carbocycles. The third kappa shape index (κ3) is 4.97. The summed E-state index contributed by atoms with van der Waals surface area (Å²) in [4.78, 5) is 1.31. The zero-order valence-corrected chi connectivity index (χ0v) is 21.2. The molecule has 7 heteroatoms. The zero-order chi connectivity index (χ0) is 23.9. The number of anilines is 2. The summed E-state index contributed by atoms with van der Waals surface area (Å²) >= 11 is 1.82. The predicted octanol–water partition coefficient (Wildman–Crippen LogP) is 6.04. The number of nitrogens with one attached hydrogen (secondary N) is 1. The number of aliphatic hydroxyl groups excluding tert-OH is 1. The molecule has 180 valence electrons. The molecule has 1 saturated carbocycles. The predicted molar refractivity (Wildman–Crippen MR) is 138 cm³/mol. The van der Waals surface area contributed by atoms with Crippen molar-refractivity contribution in [1.82, 2.24) is 14.1 Å². The standard InChI is InChI=1S/C27H34N4O2S/c1-27(2,3)31-26(15-24(29-31)19-7-9-22(32)14-19)28-21-8-12-25-20(13-21)17-30(34-25)16-18-5-10-23(33-4)11-6-18/h5-6,8,10-13,15,19,22,28,32H,7,9,14,16-17H2,1-4H3/t19-,22+/m0/s1. The Kier molecular flexibility index (Phi) is 6.35. The van der Waals surface area contributed by atoms with Crippen LogP contribution >= 0.6 is 11.9 Å². The molecule has 1 aromatic heterocycles. The quantitative estimate of drug-likeness (QED) is 0.421. The first-order valence-corrected chi connectivity index (χ1v) is 12.8. The van der Waals surface area contributed by atoms with Gasteiger partial charge < -0.3 is 15.2 Å². The number of aromatic nitrogens is 2. The molecular formula is C27H34N4O2S. The first kappa shape index (κ1) is 23.3. The normalized spacial score (nSPS) is 20.5. The number of benzene rings is 2. The zero-order valence-electron chi connectivity index (χ0n) is 20.4. The molecule has 34 heavy (non-hydrogen) atoms. The fraction of sp³-hybridized carbons (Fsp3) is 0.444. The number of ether oxygens (including phenoxy) is 1. The Morgan fingerprint density at radius 2 is 1.91 bits per heavy atom. The van der Waals surface area contributed by atoms with Crippen molar-refractivity contribution in [2.45, 2.75) is 75.6 Å². The summed E-state index contributed by atoms with van der Waals surface area (Å²) in [5.74, 6) is 2.23. The van der Waals surface area contributed by atoms with E-state index in [-0.39, 0.29) is 11.6 Å². The number of methoxy groups -OCH3 is 1. The average molecular weight is 479 g/mol. The van der Waals surface area contributed by atoms with Crippen molar-refractivity contribution in [3.8, 4) is 5.75 Å². The Balaban J connectivity index is 1.31. The lowest BCUT2D eigenvalue weighted by atomic mass is 10.0. The van der Waals surface area contributed by atoms with Crippen molar-refractivity contribution in [3.05, 3.63) is 65.4 Å². The van der Waals surface area contributed by atoms with E-state index in [0.29, 0.717) is 5.92 Å². The molecule has 6 nitrogen and oxygen atoms in total. The van der Waals surface area contributed by atoms with Crippen LogP contribution in [0, 0.1) is 0 Å². The molecule has 0 radical (unpaired) electrons. The van der Waals surface area contributed by atoms with Crippen LogP contribution in [0.4, 0.5) is 11.5 Å². The summed E-state index contributed by atoms with van der Waals surface area (Å²) in [6.07, 6.45) is 2.48. The lowest BCUT2D eigenvalue weighted by molar-refractivity contribution is 0.181. The molecule has 0 unspecified atom stereocenters. The van der Waals surface area contributed by atoms with Crippen LogP contribution in [0.15, 0.2) is 53.4 Å². The van der Waals surface area contributed by atoms with Gasteiger partial charge in [0.05, 0.1) is 24.4 Å². The van der Waals surface area contributed by atoms with Crippen LogP contribution in [0.5, 0.6) is 5.75 Å². The molecule has 2 atom stereocenters. The van der Waals surface area contributed by atoms with E-state index in [2.05, 4.69) is 71.5 Å². The second kappa shape index (κ2) is 9.29. The van der Waals surface area contributed by atoms with Crippen molar-refractivity contribution < 1.29 is 9.84 Å². The number of nitrogens with zero attached hydrogens (tertiary/aromatic N) is 3. The smallest absolute Gasteiger partial charge is 0.129 e. The highest BCUT2D eigenvalue weighted by Gasteiger charge is 2.29. The van der Waals surface area contributed by atoms with Gasteiger partial charge in [0.1, 0.15) is 11.6 Å². The van der Waals surface area contributed by atoms with Gasteiger partial charge in [-0.05, 0) is 93.4 Å². The Morgan fingerprint density at radius 3 is 2.59 bits per heavy atom. The molecule has 1 fully saturated rings. The lowest BCUT2D eigenvalue weighted by Gasteiger charge is -2.23. The lowest BCUT2D eigenvalue weighted by Crippen LogP contribution is -2.24. The van der Waals surface area contributed by atoms with Gasteiger partial charge in [-0.15, -0.1) is 0 Å². The van der Waals surface area contributed by atoms with E-state index >= 15 is 0 Å². The number of rotatable bonds is 6. The van der Waals surface area contributed by atoms with Crippen LogP contribution in [0.2, 0.25) is 0 Å². The van der Waals surface area contributed by atoms with Crippen LogP contribution in [0.25, 0.3) is 0 Å². The summed E-state index contributed by atoms with van der Waals surface area (Å²) < 4.78 is 9.75. The van der Waals surface area contributed by atoms with E-state index in [9.17, 15) is 5.11 Å². The summed E-state index contributed by atoms with van der Waals surface area (Å²) in [5.41, 5.74) is 4.63. The fourth-order valence-electron chi connectivity index (χ4n) is 4.83. The number of hydrogen-bond donors (Lipinski definition) is 2. The minimum absolute atomic E-state index is 0.139. The highest BCUT2D eigenvalue weighted by molar-refractivity contribution is 7.97. The van der Waals surface area contributed by atoms with E-state index in [0.717, 1.165) is 55.3 Å². The van der Waals surface area contributed by atoms with Gasteiger partial charge in [-0.25, -0.2) is 8.99 Å². The highest BCUT2D eigenvalue weighted by atomic mass is 32.2. The third-order valence-electron chi connectivity index (χ3n) is 6.61. The fourth-order valence-corrected chi connectivity index (χ4v) is 5.89. The second-order valence-corrected chi connectivity index (χ2v) is 11.5. The van der Waals surface area contributed by atoms with Crippen LogP contribution in [0.3, 0.4) is 0 Å². The maximum atomic E-state index is 10.00. The highest BCUT2D eigenvalue weighted by Crippen LogP contribution is 2.40. The Bertz CT molecular complexity index is 1150. The van der Waals surface area contributed by atoms with Crippen molar-refractivity contribution in [3.63, 3.8) is 0 Å². The minimum atomic E-state index is -0.198. The molecule has 2 aliphatic rings. The van der Waals surface area contributed by atoms with Crippen molar-refractivity contribution in [2.75, 3.05) is 12.4 Å². The maximum absolute atomic E-state index is 10.00. The van der Waals surface area contributed by atoms with Gasteiger partial charge in [-0.2, -0.15) is 5.10 Å². The SMILES string of the molecule is COc1ccc(CN2Cc3cc(Nc4cc([C@H]5CC[C@@H](O)C5)nn4C(C)(C)C)ccc3S2)cc1. The van der Waals surface area contributed by atoms with Crippen molar-refractivity contribution in [1.29, 1.82) is 0 Å². The molecule has 0 saturated heterocycles. The summed E-state index contributed by atoms with van der Waals surface area (Å²) in [6, 6.07) is 17.1. The number of hydrogen-bond acceptors (Lipinski definition) is 6. The van der Waals surface area contributed by atoms with Crippen LogP contribution in [-0.2, 0) is 18.6 Å². The molecule has 1 aliphatic heterocycles. The Morgan fingerprint density at radius 1 is 1.12 bits per heavy atom. The number of aliphatic hydroxyl groups is 1. The van der Waals surface area contributed by atoms with Crippen LogP contribution < -0.4 is 10.1 Å². The van der Waals surface area contributed by atoms with Gasteiger partial charge in [0.15, 0.2) is 0 Å². The molecule has 3 aromatic rings. The van der Waals surface area contributed by atoms with E-state index < -0.39 is 0 Å². The molecule has 5 rings (SSSR count). The largest absolute Gasteiger partial charge is 0.497 e. The molecule has 2 heterocycles. The molecule has 2 N–H and O–H groups in total. The van der Waals surface area contributed by atoms with E-state index in [4.69, 9.17) is 9.84 Å². The van der Waals surface area contributed by atoms with Gasteiger partial charge >= 0.3 is 0 Å². The summed E-state index contributed by atoms with van der Waals surface area (Å²) in [7, 11) is 1.70. The van der Waals surface area contributed by atoms with Gasteiger partial charge in [-0.1, -0.05) is 12.1 Å². The van der Waals surface area contributed by atoms with Gasteiger partial charge in [0, 0.05) is 35.7 Å². The second-order valence-electron chi connectivity index (χ2n) is 10.4. The van der Waals surface area contributed by atoms with Crippen molar-refractivity contribution in [2.24, 2.45) is 0 Å². The average Bonchev–Trinajstić information content (AvgIpc) is 3.51. The molecule has 0 spiro atoms. The topological polar surface area (TPSA) is 62.6 Å². The minimum Gasteiger partial charge on any atom is -0.497 e. The first-order valence-electron chi connectivity index (χ1n) is 12.0. The summed E-state index contributed by atoms with van der Waals surface area (Å²) in [6.45, 7) is 8.32. The Hall–Kier alpha value is -2.48. The first-order chi connectivity index (χ1) is 16.3. The molecular weight excluding hydrogens is 444 g/mol. The van der Waals surface area contributed by atoms with E-state index in [1.807, 2.05) is 24.1 Å². The maximum Gasteiger partial charge on any atom is 0.129 e. The van der Waals surface area contributed by atoms with Gasteiger partial charge in [-0.3, -0.25) is 0 Å². The third-order valence-corrected chi connectivity index (χ3v) is 7.72. The van der Waals surface area contributed by atoms with Gasteiger partial charge in [0.2, 0.25) is 0 Å². The van der Waals surface area contributed by atoms with Crippen LogP contribution in [-0.4, -0.2) is 32.4 Å². The van der Waals surface area contributed by atoms with Crippen LogP contribution in [0.1, 0.15) is 62.8 Å². The molecule has 0 bridgehead atoms. The van der Waals surface area contributed by atoms with E-state index in [1.54, 1.807) is 7.11 Å². The molecule has 2 aromatic carbocycles. The number of fused-ring (bicyclic) bond motifs is 1. The summed E-state index contributed by atoms with van der Waals surface area (Å²) in [5, 5.41) is 18.6.